The summed E-state index contributed by atoms with van der Waals surface area (Å²) >= 11 is 6.07. The van der Waals surface area contributed by atoms with Crippen LogP contribution in [0.4, 0.5) is 0 Å². The zero-order valence-electron chi connectivity index (χ0n) is 13.0. The molecule has 3 N–H and O–H groups in total. The molecule has 0 bridgehead atoms. The van der Waals surface area contributed by atoms with E-state index in [4.69, 9.17) is 22.1 Å². The highest BCUT2D eigenvalue weighted by Crippen LogP contribution is 2.39. The zero-order chi connectivity index (χ0) is 17.3. The molecule has 2 aromatic carbocycles. The number of aromatic hydroxyl groups is 1. The third kappa shape index (κ3) is 2.94. The highest BCUT2D eigenvalue weighted by atomic mass is 35.5. The molecule has 0 saturated heterocycles. The molecule has 2 aromatic rings. The number of benzene rings is 2. The third-order valence-electron chi connectivity index (χ3n) is 3.86. The second-order valence-electron chi connectivity index (χ2n) is 5.58. The Morgan fingerprint density at radius 2 is 2.04 bits per heavy atom. The molecule has 0 fully saturated rings. The van der Waals surface area contributed by atoms with Gasteiger partial charge in [0.1, 0.15) is 23.2 Å². The molecule has 1 heterocycles. The lowest BCUT2D eigenvalue weighted by Crippen LogP contribution is -2.16. The summed E-state index contributed by atoms with van der Waals surface area (Å²) in [6.07, 6.45) is 1.77. The van der Waals surface area contributed by atoms with E-state index in [9.17, 15) is 10.4 Å². The van der Waals surface area contributed by atoms with Crippen LogP contribution in [0.15, 0.2) is 60.0 Å². The Balaban J connectivity index is 2.13. The number of ether oxygens (including phenoxy) is 1. The number of rotatable bonds is 2. The van der Waals surface area contributed by atoms with Crippen molar-refractivity contribution in [2.75, 3.05) is 0 Å². The van der Waals surface area contributed by atoms with Crippen LogP contribution in [-0.4, -0.2) is 5.11 Å². The summed E-state index contributed by atoms with van der Waals surface area (Å²) < 4.78 is 5.60. The minimum absolute atomic E-state index is 0.0286. The zero-order valence-corrected chi connectivity index (χ0v) is 13.7. The summed E-state index contributed by atoms with van der Waals surface area (Å²) in [6.45, 7) is 1.92. The Bertz CT molecular complexity index is 910. The normalized spacial score (nSPS) is 17.0. The molecular formula is C19H15ClN2O2. The lowest BCUT2D eigenvalue weighted by atomic mass is 9.89. The van der Waals surface area contributed by atoms with E-state index in [2.05, 4.69) is 6.07 Å². The van der Waals surface area contributed by atoms with Gasteiger partial charge in [-0.1, -0.05) is 35.4 Å². The van der Waals surface area contributed by atoms with Crippen LogP contribution in [0.25, 0.3) is 5.76 Å². The molecule has 120 valence electrons. The monoisotopic (exact) mass is 338 g/mol. The molecule has 1 aliphatic rings. The summed E-state index contributed by atoms with van der Waals surface area (Å²) in [5.74, 6) is 0.140. The molecule has 3 rings (SSSR count). The van der Waals surface area contributed by atoms with E-state index in [1.165, 1.54) is 0 Å². The fourth-order valence-corrected chi connectivity index (χ4v) is 2.87. The average molecular weight is 339 g/mol. The topological polar surface area (TPSA) is 79.3 Å². The average Bonchev–Trinajstić information content (AvgIpc) is 2.56. The van der Waals surface area contributed by atoms with Gasteiger partial charge in [0.05, 0.1) is 5.56 Å². The van der Waals surface area contributed by atoms with Crippen molar-refractivity contribution in [3.8, 4) is 11.8 Å². The van der Waals surface area contributed by atoms with Crippen LogP contribution in [0.3, 0.4) is 0 Å². The van der Waals surface area contributed by atoms with Crippen LogP contribution < -0.4 is 5.73 Å². The molecular weight excluding hydrogens is 324 g/mol. The van der Waals surface area contributed by atoms with Crippen LogP contribution in [0.5, 0.6) is 5.75 Å². The first-order chi connectivity index (χ1) is 11.5. The number of nitriles is 1. The maximum atomic E-state index is 10.1. The number of phenols is 1. The number of phenolic OH excluding ortho intramolecular Hbond substituents is 1. The number of hydrogen-bond donors (Lipinski definition) is 2. The Morgan fingerprint density at radius 1 is 1.25 bits per heavy atom. The van der Waals surface area contributed by atoms with E-state index in [1.807, 2.05) is 19.1 Å². The van der Waals surface area contributed by atoms with Crippen LogP contribution in [-0.2, 0) is 4.74 Å². The first kappa shape index (κ1) is 16.0. The van der Waals surface area contributed by atoms with Crippen molar-refractivity contribution >= 4 is 17.4 Å². The molecule has 0 amide bonds. The summed E-state index contributed by atoms with van der Waals surface area (Å²) in [5.41, 5.74) is 8.59. The van der Waals surface area contributed by atoms with Crippen molar-refractivity contribution in [2.24, 2.45) is 5.73 Å². The quantitative estimate of drug-likeness (QED) is 0.860. The second-order valence-corrected chi connectivity index (χ2v) is 6.01. The lowest BCUT2D eigenvalue weighted by Gasteiger charge is -2.23. The van der Waals surface area contributed by atoms with Crippen LogP contribution in [0.1, 0.15) is 22.6 Å². The predicted molar refractivity (Wildman–Crippen MR) is 92.9 cm³/mol. The lowest BCUT2D eigenvalue weighted by molar-refractivity contribution is 0.357. The third-order valence-corrected chi connectivity index (χ3v) is 4.10. The number of aryl methyl sites for hydroxylation is 1. The van der Waals surface area contributed by atoms with Gasteiger partial charge in [-0.15, -0.1) is 0 Å². The van der Waals surface area contributed by atoms with Gasteiger partial charge in [0.25, 0.3) is 0 Å². The largest absolute Gasteiger partial charge is 0.507 e. The van der Waals surface area contributed by atoms with Gasteiger partial charge in [0.2, 0.25) is 5.88 Å². The van der Waals surface area contributed by atoms with Gasteiger partial charge >= 0.3 is 0 Å². The highest BCUT2D eigenvalue weighted by Gasteiger charge is 2.27. The molecule has 5 heteroatoms. The smallest absolute Gasteiger partial charge is 0.205 e. The summed E-state index contributed by atoms with van der Waals surface area (Å²) in [5, 5.41) is 20.1. The van der Waals surface area contributed by atoms with E-state index >= 15 is 0 Å². The number of nitrogens with zero attached hydrogens (tertiary/aromatic N) is 1. The van der Waals surface area contributed by atoms with E-state index in [0.29, 0.717) is 21.9 Å². The highest BCUT2D eigenvalue weighted by molar-refractivity contribution is 6.30. The van der Waals surface area contributed by atoms with Crippen molar-refractivity contribution in [1.82, 2.24) is 0 Å². The standard InChI is InChI=1S/C19H15ClN2O2/c1-11-5-6-17(23)15(7-11)18-9-14(16(10-21)19(22)24-18)12-3-2-4-13(20)8-12/h2-9,14,23H,22H2,1H3. The summed E-state index contributed by atoms with van der Waals surface area (Å²) in [6, 6.07) is 14.5. The van der Waals surface area contributed by atoms with E-state index < -0.39 is 5.92 Å². The van der Waals surface area contributed by atoms with Gasteiger partial charge in [0.15, 0.2) is 0 Å². The summed E-state index contributed by atoms with van der Waals surface area (Å²) in [4.78, 5) is 0. The molecule has 0 radical (unpaired) electrons. The Morgan fingerprint density at radius 3 is 2.75 bits per heavy atom. The molecule has 1 atom stereocenters. The van der Waals surface area contributed by atoms with E-state index in [1.54, 1.807) is 36.4 Å². The molecule has 4 nitrogen and oxygen atoms in total. The SMILES string of the molecule is Cc1ccc(O)c(C2=CC(c3cccc(Cl)c3)C(C#N)=C(N)O2)c1. The minimum atomic E-state index is -0.391. The van der Waals surface area contributed by atoms with E-state index in [-0.39, 0.29) is 11.6 Å². The van der Waals surface area contributed by atoms with Crippen molar-refractivity contribution < 1.29 is 9.84 Å². The van der Waals surface area contributed by atoms with Gasteiger partial charge in [-0.25, -0.2) is 0 Å². The Hall–Kier alpha value is -2.90. The predicted octanol–water partition coefficient (Wildman–Crippen LogP) is 4.20. The molecule has 0 aliphatic carbocycles. The maximum absolute atomic E-state index is 10.1. The number of allylic oxidation sites excluding steroid dienone is 2. The second kappa shape index (κ2) is 6.31. The number of hydrogen-bond acceptors (Lipinski definition) is 4. The van der Waals surface area contributed by atoms with Gasteiger partial charge in [-0.2, -0.15) is 5.26 Å². The number of nitrogens with two attached hydrogens (primary N) is 1. The molecule has 24 heavy (non-hydrogen) atoms. The van der Waals surface area contributed by atoms with Gasteiger partial charge in [-0.3, -0.25) is 0 Å². The Kier molecular flexibility index (Phi) is 4.20. The molecule has 1 aliphatic heterocycles. The fourth-order valence-electron chi connectivity index (χ4n) is 2.68. The molecule has 0 aromatic heterocycles. The first-order valence-corrected chi connectivity index (χ1v) is 7.72. The first-order valence-electron chi connectivity index (χ1n) is 7.34. The van der Waals surface area contributed by atoms with Crippen molar-refractivity contribution in [1.29, 1.82) is 5.26 Å². The van der Waals surface area contributed by atoms with Gasteiger partial charge in [-0.05, 0) is 42.8 Å². The van der Waals surface area contributed by atoms with Gasteiger partial charge in [0, 0.05) is 10.9 Å². The number of halogens is 1. The van der Waals surface area contributed by atoms with Crippen molar-refractivity contribution in [3.05, 3.63) is 81.7 Å². The van der Waals surface area contributed by atoms with Gasteiger partial charge < -0.3 is 15.6 Å². The van der Waals surface area contributed by atoms with Crippen LogP contribution in [0.2, 0.25) is 5.02 Å². The van der Waals surface area contributed by atoms with E-state index in [0.717, 1.165) is 11.1 Å². The van der Waals surface area contributed by atoms with Crippen molar-refractivity contribution in [3.63, 3.8) is 0 Å². The maximum Gasteiger partial charge on any atom is 0.205 e. The fraction of sp³-hybridized carbons (Fsp3) is 0.105. The minimum Gasteiger partial charge on any atom is -0.507 e. The molecule has 0 spiro atoms. The van der Waals surface area contributed by atoms with Crippen LogP contribution in [0, 0.1) is 18.3 Å². The molecule has 1 unspecified atom stereocenters. The Labute approximate surface area is 145 Å². The van der Waals surface area contributed by atoms with Crippen LogP contribution >= 0.6 is 11.6 Å². The molecule has 0 saturated carbocycles. The van der Waals surface area contributed by atoms with Crippen molar-refractivity contribution in [2.45, 2.75) is 12.8 Å². The summed E-state index contributed by atoms with van der Waals surface area (Å²) in [7, 11) is 0.